The average molecular weight is 398 g/mol. The number of benzene rings is 1. The van der Waals surface area contributed by atoms with Crippen molar-refractivity contribution in [3.8, 4) is 0 Å². The molecule has 2 aromatic heterocycles. The van der Waals surface area contributed by atoms with Crippen LogP contribution in [0.25, 0.3) is 11.0 Å². The van der Waals surface area contributed by atoms with Crippen molar-refractivity contribution in [2.24, 2.45) is 7.05 Å². The number of fused-ring (bicyclic) bond motifs is 1. The number of amides is 1. The Balaban J connectivity index is 1.59. The highest BCUT2D eigenvalue weighted by Crippen LogP contribution is 2.30. The van der Waals surface area contributed by atoms with E-state index in [1.165, 1.54) is 12.3 Å². The molecule has 1 N–H and O–H groups in total. The van der Waals surface area contributed by atoms with Gasteiger partial charge in [0.1, 0.15) is 0 Å². The summed E-state index contributed by atoms with van der Waals surface area (Å²) in [4.78, 5) is 17.2. The molecule has 2 heterocycles. The van der Waals surface area contributed by atoms with Gasteiger partial charge < -0.3 is 5.32 Å². The fraction of sp³-hybridized carbons (Fsp3) is 0.350. The van der Waals surface area contributed by atoms with Crippen molar-refractivity contribution < 1.29 is 13.2 Å². The number of sulfone groups is 1. The number of anilines is 1. The van der Waals surface area contributed by atoms with Gasteiger partial charge >= 0.3 is 0 Å². The lowest BCUT2D eigenvalue weighted by Gasteiger charge is -2.12. The first kappa shape index (κ1) is 18.6. The van der Waals surface area contributed by atoms with Gasteiger partial charge in [-0.05, 0) is 44.0 Å². The summed E-state index contributed by atoms with van der Waals surface area (Å²) < 4.78 is 27.3. The summed E-state index contributed by atoms with van der Waals surface area (Å²) in [5.74, 6) is -0.340. The van der Waals surface area contributed by atoms with Crippen LogP contribution in [0.15, 0.2) is 41.4 Å². The smallest absolute Gasteiger partial charge is 0.257 e. The van der Waals surface area contributed by atoms with Gasteiger partial charge in [-0.3, -0.25) is 9.48 Å². The molecule has 146 valence electrons. The molecule has 1 amide bonds. The van der Waals surface area contributed by atoms with Crippen molar-refractivity contribution in [2.75, 3.05) is 5.32 Å². The number of hydrogen-bond donors (Lipinski definition) is 1. The second kappa shape index (κ2) is 7.01. The SMILES string of the molecule is Cc1nn(C)c2ncc(C(=O)Nc3cccc(S(=O)(=O)C4CCCC4)c3)cc12. The summed E-state index contributed by atoms with van der Waals surface area (Å²) >= 11 is 0. The number of aromatic nitrogens is 3. The van der Waals surface area contributed by atoms with Crippen LogP contribution in [-0.2, 0) is 16.9 Å². The second-order valence-corrected chi connectivity index (χ2v) is 9.47. The molecule has 0 atom stereocenters. The molecule has 1 aliphatic carbocycles. The number of nitrogens with zero attached hydrogens (tertiary/aromatic N) is 3. The molecule has 3 aromatic rings. The van der Waals surface area contributed by atoms with E-state index in [1.54, 1.807) is 36.0 Å². The van der Waals surface area contributed by atoms with E-state index < -0.39 is 9.84 Å². The minimum Gasteiger partial charge on any atom is -0.322 e. The molecule has 28 heavy (non-hydrogen) atoms. The molecular formula is C20H22N4O3S. The van der Waals surface area contributed by atoms with Gasteiger partial charge in [0.05, 0.1) is 21.4 Å². The molecule has 7 nitrogen and oxygen atoms in total. The Labute approximate surface area is 163 Å². The van der Waals surface area contributed by atoms with Crippen LogP contribution in [0.5, 0.6) is 0 Å². The number of carbonyl (C=O) groups excluding carboxylic acids is 1. The van der Waals surface area contributed by atoms with Crippen LogP contribution in [0, 0.1) is 6.92 Å². The lowest BCUT2D eigenvalue weighted by molar-refractivity contribution is 0.102. The molecule has 1 fully saturated rings. The Morgan fingerprint density at radius 1 is 1.21 bits per heavy atom. The van der Waals surface area contributed by atoms with E-state index >= 15 is 0 Å². The van der Waals surface area contributed by atoms with E-state index in [0.29, 0.717) is 29.7 Å². The number of pyridine rings is 1. The standard InChI is InChI=1S/C20H22N4O3S/c1-13-18-10-14(12-21-19(18)24(2)23-13)20(25)22-15-6-5-9-17(11-15)28(26,27)16-7-3-4-8-16/h5-6,9-12,16H,3-4,7-8H2,1-2H3,(H,22,25). The van der Waals surface area contributed by atoms with Crippen LogP contribution in [0.4, 0.5) is 5.69 Å². The average Bonchev–Trinajstić information content (AvgIpc) is 3.31. The monoisotopic (exact) mass is 398 g/mol. The third-order valence-corrected chi connectivity index (χ3v) is 7.55. The van der Waals surface area contributed by atoms with Crippen LogP contribution >= 0.6 is 0 Å². The van der Waals surface area contributed by atoms with Gasteiger partial charge in [0.15, 0.2) is 15.5 Å². The van der Waals surface area contributed by atoms with Gasteiger partial charge in [0.2, 0.25) is 0 Å². The van der Waals surface area contributed by atoms with E-state index in [2.05, 4.69) is 15.4 Å². The van der Waals surface area contributed by atoms with Crippen molar-refractivity contribution >= 4 is 32.5 Å². The largest absolute Gasteiger partial charge is 0.322 e. The fourth-order valence-corrected chi connectivity index (χ4v) is 5.68. The van der Waals surface area contributed by atoms with Gasteiger partial charge in [0.25, 0.3) is 5.91 Å². The third kappa shape index (κ3) is 3.28. The third-order valence-electron chi connectivity index (χ3n) is 5.29. The number of rotatable bonds is 4. The topological polar surface area (TPSA) is 93.9 Å². The summed E-state index contributed by atoms with van der Waals surface area (Å²) in [5.41, 5.74) is 2.35. The van der Waals surface area contributed by atoms with Crippen LogP contribution in [0.2, 0.25) is 0 Å². The molecule has 1 aromatic carbocycles. The Bertz CT molecular complexity index is 1160. The highest BCUT2D eigenvalue weighted by molar-refractivity contribution is 7.92. The molecular weight excluding hydrogens is 376 g/mol. The highest BCUT2D eigenvalue weighted by atomic mass is 32.2. The summed E-state index contributed by atoms with van der Waals surface area (Å²) in [6, 6.07) is 8.22. The van der Waals surface area contributed by atoms with E-state index in [4.69, 9.17) is 0 Å². The number of aryl methyl sites for hydroxylation is 2. The predicted octanol–water partition coefficient (Wildman–Crippen LogP) is 3.25. The first-order valence-electron chi connectivity index (χ1n) is 9.31. The van der Waals surface area contributed by atoms with Gasteiger partial charge in [-0.2, -0.15) is 5.10 Å². The van der Waals surface area contributed by atoms with Crippen LogP contribution in [0.1, 0.15) is 41.7 Å². The predicted molar refractivity (Wildman–Crippen MR) is 107 cm³/mol. The Morgan fingerprint density at radius 3 is 2.71 bits per heavy atom. The quantitative estimate of drug-likeness (QED) is 0.728. The molecule has 0 bridgehead atoms. The normalized spacial score (nSPS) is 15.2. The number of hydrogen-bond acceptors (Lipinski definition) is 5. The van der Waals surface area contributed by atoms with Gasteiger partial charge in [-0.1, -0.05) is 18.9 Å². The maximum absolute atomic E-state index is 12.8. The molecule has 0 radical (unpaired) electrons. The van der Waals surface area contributed by atoms with Gasteiger partial charge in [0, 0.05) is 24.3 Å². The zero-order chi connectivity index (χ0) is 19.9. The zero-order valence-corrected chi connectivity index (χ0v) is 16.7. The minimum absolute atomic E-state index is 0.258. The van der Waals surface area contributed by atoms with Crippen molar-refractivity contribution in [1.29, 1.82) is 0 Å². The maximum atomic E-state index is 12.8. The molecule has 1 aliphatic rings. The van der Waals surface area contributed by atoms with Crippen LogP contribution < -0.4 is 5.32 Å². The molecule has 0 spiro atoms. The highest BCUT2D eigenvalue weighted by Gasteiger charge is 2.30. The first-order chi connectivity index (χ1) is 13.4. The number of nitrogens with one attached hydrogen (secondary N) is 1. The Morgan fingerprint density at radius 2 is 1.96 bits per heavy atom. The minimum atomic E-state index is -3.37. The molecule has 1 saturated carbocycles. The van der Waals surface area contributed by atoms with E-state index in [-0.39, 0.29) is 16.1 Å². The molecule has 0 unspecified atom stereocenters. The molecule has 0 aliphatic heterocycles. The van der Waals surface area contributed by atoms with Crippen molar-refractivity contribution in [3.63, 3.8) is 0 Å². The lowest BCUT2D eigenvalue weighted by atomic mass is 10.2. The van der Waals surface area contributed by atoms with Crippen LogP contribution in [-0.4, -0.2) is 34.3 Å². The Hall–Kier alpha value is -2.74. The van der Waals surface area contributed by atoms with Crippen LogP contribution in [0.3, 0.4) is 0 Å². The first-order valence-corrected chi connectivity index (χ1v) is 10.9. The van der Waals surface area contributed by atoms with Gasteiger partial charge in [-0.25, -0.2) is 13.4 Å². The molecule has 4 rings (SSSR count). The summed E-state index contributed by atoms with van der Waals surface area (Å²) in [7, 11) is -1.56. The number of carbonyl (C=O) groups is 1. The van der Waals surface area contributed by atoms with E-state index in [0.717, 1.165) is 23.9 Å². The zero-order valence-electron chi connectivity index (χ0n) is 15.8. The summed E-state index contributed by atoms with van der Waals surface area (Å²) in [6.45, 7) is 1.86. The fourth-order valence-electron chi connectivity index (χ4n) is 3.78. The van der Waals surface area contributed by atoms with E-state index in [1.807, 2.05) is 6.92 Å². The Kier molecular flexibility index (Phi) is 4.66. The van der Waals surface area contributed by atoms with Crippen molar-refractivity contribution in [3.05, 3.63) is 47.8 Å². The molecule has 0 saturated heterocycles. The van der Waals surface area contributed by atoms with Crippen molar-refractivity contribution in [2.45, 2.75) is 42.8 Å². The molecule has 8 heteroatoms. The summed E-state index contributed by atoms with van der Waals surface area (Å²) in [6.07, 6.45) is 4.80. The second-order valence-electron chi connectivity index (χ2n) is 7.24. The van der Waals surface area contributed by atoms with E-state index in [9.17, 15) is 13.2 Å². The summed E-state index contributed by atoms with van der Waals surface area (Å²) in [5, 5.41) is 7.58. The van der Waals surface area contributed by atoms with Crippen molar-refractivity contribution in [1.82, 2.24) is 14.8 Å². The maximum Gasteiger partial charge on any atom is 0.257 e. The lowest BCUT2D eigenvalue weighted by Crippen LogP contribution is -2.18. The van der Waals surface area contributed by atoms with Gasteiger partial charge in [-0.15, -0.1) is 0 Å².